The molecule has 94 valence electrons. The Bertz CT molecular complexity index is 173. The molecule has 2 heterocycles. The van der Waals surface area contributed by atoms with Gasteiger partial charge in [-0.2, -0.15) is 11.8 Å². The lowest BCUT2D eigenvalue weighted by molar-refractivity contribution is -0.0151. The van der Waals surface area contributed by atoms with Gasteiger partial charge >= 0.3 is 0 Å². The van der Waals surface area contributed by atoms with Gasteiger partial charge in [0, 0.05) is 30.1 Å². The smallest absolute Gasteiger partial charge is 0.0822 e. The minimum Gasteiger partial charge on any atom is -0.381 e. The maximum atomic E-state index is 5.91. The van der Waals surface area contributed by atoms with Crippen LogP contribution in [0.15, 0.2) is 0 Å². The van der Waals surface area contributed by atoms with Crippen LogP contribution >= 0.6 is 11.8 Å². The Morgan fingerprint density at radius 2 is 2.38 bits per heavy atom. The van der Waals surface area contributed by atoms with Crippen molar-refractivity contribution in [2.45, 2.75) is 31.9 Å². The van der Waals surface area contributed by atoms with Crippen molar-refractivity contribution < 1.29 is 9.47 Å². The fourth-order valence-electron chi connectivity index (χ4n) is 2.60. The van der Waals surface area contributed by atoms with Crippen molar-refractivity contribution in [2.75, 3.05) is 37.9 Å². The summed E-state index contributed by atoms with van der Waals surface area (Å²) >= 11 is 2.02. The lowest BCUT2D eigenvalue weighted by Crippen LogP contribution is -2.51. The molecule has 0 aromatic rings. The molecule has 0 aliphatic carbocycles. The van der Waals surface area contributed by atoms with E-state index in [4.69, 9.17) is 9.47 Å². The van der Waals surface area contributed by atoms with Gasteiger partial charge in [-0.1, -0.05) is 6.92 Å². The predicted octanol–water partition coefficient (Wildman–Crippen LogP) is 1.52. The van der Waals surface area contributed by atoms with Gasteiger partial charge in [-0.15, -0.1) is 0 Å². The van der Waals surface area contributed by atoms with E-state index < -0.39 is 0 Å². The quantitative estimate of drug-likeness (QED) is 0.813. The van der Waals surface area contributed by atoms with Crippen molar-refractivity contribution in [2.24, 2.45) is 5.92 Å². The largest absolute Gasteiger partial charge is 0.381 e. The standard InChI is InChI=1S/C12H23NO2S/c1-2-13-12(10-4-3-5-14-8-10)11-9-16-7-6-15-11/h10-13H,2-9H2,1H3. The first kappa shape index (κ1) is 12.7. The number of rotatable bonds is 4. The SMILES string of the molecule is CCNC(C1CCCOC1)C1CSCCO1. The average Bonchev–Trinajstić information content (AvgIpc) is 2.38. The number of ether oxygens (including phenoxy) is 2. The fraction of sp³-hybridized carbons (Fsp3) is 1.00. The van der Waals surface area contributed by atoms with Crippen molar-refractivity contribution in [3.05, 3.63) is 0 Å². The Morgan fingerprint density at radius 3 is 3.00 bits per heavy atom. The summed E-state index contributed by atoms with van der Waals surface area (Å²) < 4.78 is 11.5. The fourth-order valence-corrected chi connectivity index (χ4v) is 3.52. The van der Waals surface area contributed by atoms with Crippen molar-refractivity contribution >= 4 is 11.8 Å². The molecule has 2 saturated heterocycles. The Balaban J connectivity index is 1.91. The number of thioether (sulfide) groups is 1. The second-order valence-corrected chi connectivity index (χ2v) is 5.69. The minimum absolute atomic E-state index is 0.380. The molecule has 2 fully saturated rings. The third kappa shape index (κ3) is 3.36. The summed E-state index contributed by atoms with van der Waals surface area (Å²) in [6.45, 7) is 5.95. The summed E-state index contributed by atoms with van der Waals surface area (Å²) in [6, 6.07) is 0.484. The maximum absolute atomic E-state index is 5.91. The van der Waals surface area contributed by atoms with Gasteiger partial charge in [-0.25, -0.2) is 0 Å². The van der Waals surface area contributed by atoms with E-state index in [2.05, 4.69) is 12.2 Å². The first-order valence-electron chi connectivity index (χ1n) is 6.42. The highest BCUT2D eigenvalue weighted by atomic mass is 32.2. The van der Waals surface area contributed by atoms with E-state index in [1.54, 1.807) is 0 Å². The van der Waals surface area contributed by atoms with Gasteiger partial charge in [0.05, 0.1) is 19.3 Å². The van der Waals surface area contributed by atoms with Crippen LogP contribution in [-0.4, -0.2) is 50.0 Å². The van der Waals surface area contributed by atoms with E-state index in [0.29, 0.717) is 18.1 Å². The van der Waals surface area contributed by atoms with E-state index in [-0.39, 0.29) is 0 Å². The van der Waals surface area contributed by atoms with Crippen LogP contribution in [0.1, 0.15) is 19.8 Å². The molecular weight excluding hydrogens is 222 g/mol. The molecule has 2 aliphatic rings. The summed E-state index contributed by atoms with van der Waals surface area (Å²) in [6.07, 6.45) is 2.86. The Kier molecular flexibility index (Phi) is 5.42. The lowest BCUT2D eigenvalue weighted by atomic mass is 9.90. The molecule has 0 saturated carbocycles. The van der Waals surface area contributed by atoms with Gasteiger partial charge in [0.1, 0.15) is 0 Å². The van der Waals surface area contributed by atoms with Crippen LogP contribution in [0.2, 0.25) is 0 Å². The molecule has 16 heavy (non-hydrogen) atoms. The number of hydrogen-bond donors (Lipinski definition) is 1. The van der Waals surface area contributed by atoms with Gasteiger partial charge in [-0.3, -0.25) is 0 Å². The topological polar surface area (TPSA) is 30.5 Å². The molecule has 0 radical (unpaired) electrons. The third-order valence-corrected chi connectivity index (χ3v) is 4.41. The first-order chi connectivity index (χ1) is 7.92. The monoisotopic (exact) mass is 245 g/mol. The van der Waals surface area contributed by atoms with Gasteiger partial charge in [0.2, 0.25) is 0 Å². The van der Waals surface area contributed by atoms with Crippen LogP contribution < -0.4 is 5.32 Å². The Hall–Kier alpha value is 0.230. The molecule has 0 bridgehead atoms. The molecule has 3 atom stereocenters. The molecule has 2 aliphatic heterocycles. The molecule has 1 N–H and O–H groups in total. The van der Waals surface area contributed by atoms with Gasteiger partial charge in [0.15, 0.2) is 0 Å². The molecule has 0 aromatic carbocycles. The molecule has 0 aromatic heterocycles. The Morgan fingerprint density at radius 1 is 1.44 bits per heavy atom. The van der Waals surface area contributed by atoms with Crippen LogP contribution in [0, 0.1) is 5.92 Å². The van der Waals surface area contributed by atoms with E-state index in [0.717, 1.165) is 37.9 Å². The van der Waals surface area contributed by atoms with Crippen molar-refractivity contribution in [1.29, 1.82) is 0 Å². The number of nitrogens with one attached hydrogen (secondary N) is 1. The molecule has 3 nitrogen and oxygen atoms in total. The Labute approximate surface area is 103 Å². The van der Waals surface area contributed by atoms with Crippen molar-refractivity contribution in [3.63, 3.8) is 0 Å². The third-order valence-electron chi connectivity index (χ3n) is 3.39. The van der Waals surface area contributed by atoms with E-state index in [1.165, 1.54) is 12.8 Å². The number of hydrogen-bond acceptors (Lipinski definition) is 4. The molecular formula is C12H23NO2S. The normalized spacial score (nSPS) is 33.6. The van der Waals surface area contributed by atoms with Crippen LogP contribution in [0.3, 0.4) is 0 Å². The summed E-state index contributed by atoms with van der Waals surface area (Å²) in [5.74, 6) is 2.92. The molecule has 0 amide bonds. The van der Waals surface area contributed by atoms with Crippen LogP contribution in [0.25, 0.3) is 0 Å². The highest BCUT2D eigenvalue weighted by molar-refractivity contribution is 7.99. The van der Waals surface area contributed by atoms with Crippen molar-refractivity contribution in [3.8, 4) is 0 Å². The molecule has 0 spiro atoms. The average molecular weight is 245 g/mol. The zero-order valence-corrected chi connectivity index (χ0v) is 10.9. The summed E-state index contributed by atoms with van der Waals surface area (Å²) in [5, 5.41) is 3.60. The molecule has 2 rings (SSSR count). The zero-order valence-electron chi connectivity index (χ0n) is 10.1. The van der Waals surface area contributed by atoms with Crippen LogP contribution in [0.4, 0.5) is 0 Å². The summed E-state index contributed by atoms with van der Waals surface area (Å²) in [7, 11) is 0. The van der Waals surface area contributed by atoms with E-state index >= 15 is 0 Å². The van der Waals surface area contributed by atoms with Crippen LogP contribution in [-0.2, 0) is 9.47 Å². The zero-order chi connectivity index (χ0) is 11.2. The van der Waals surface area contributed by atoms with E-state index in [9.17, 15) is 0 Å². The van der Waals surface area contributed by atoms with Gasteiger partial charge in [-0.05, 0) is 19.4 Å². The second kappa shape index (κ2) is 6.84. The maximum Gasteiger partial charge on any atom is 0.0822 e. The lowest BCUT2D eigenvalue weighted by Gasteiger charge is -2.37. The van der Waals surface area contributed by atoms with Crippen LogP contribution in [0.5, 0.6) is 0 Å². The summed E-state index contributed by atoms with van der Waals surface area (Å²) in [4.78, 5) is 0. The molecule has 3 unspecified atom stereocenters. The van der Waals surface area contributed by atoms with E-state index in [1.807, 2.05) is 11.8 Å². The highest BCUT2D eigenvalue weighted by Gasteiger charge is 2.32. The van der Waals surface area contributed by atoms with Crippen molar-refractivity contribution in [1.82, 2.24) is 5.32 Å². The summed E-state index contributed by atoms with van der Waals surface area (Å²) in [5.41, 5.74) is 0. The minimum atomic E-state index is 0.380. The van der Waals surface area contributed by atoms with Gasteiger partial charge in [0.25, 0.3) is 0 Å². The highest BCUT2D eigenvalue weighted by Crippen LogP contribution is 2.25. The second-order valence-electron chi connectivity index (χ2n) is 4.54. The first-order valence-corrected chi connectivity index (χ1v) is 7.57. The molecule has 4 heteroatoms. The number of likely N-dealkylation sites (N-methyl/N-ethyl adjacent to an activating group) is 1. The van der Waals surface area contributed by atoms with Gasteiger partial charge < -0.3 is 14.8 Å². The predicted molar refractivity (Wildman–Crippen MR) is 68.1 cm³/mol.